The molecule has 1 unspecified atom stereocenters. The van der Waals surface area contributed by atoms with Gasteiger partial charge in [0.25, 0.3) is 10.1 Å². The Balaban J connectivity index is 0. The largest absolute Gasteiger partial charge is 1.00 e. The van der Waals surface area contributed by atoms with E-state index in [1.54, 1.807) is 0 Å². The van der Waals surface area contributed by atoms with Gasteiger partial charge in [-0.05, 0) is 37.5 Å². The second-order valence-electron chi connectivity index (χ2n) is 6.16. The van der Waals surface area contributed by atoms with Gasteiger partial charge in [0.15, 0.2) is 0 Å². The number of hydrogen-bond donors (Lipinski definition) is 2. The third-order valence-corrected chi connectivity index (χ3v) is 4.90. The molecule has 1 aromatic rings. The molecule has 0 fully saturated rings. The number of carboxylic acid groups (broad SMARTS) is 1. The molecule has 1 aromatic carbocycles. The molecule has 0 saturated carbocycles. The van der Waals surface area contributed by atoms with Crippen molar-refractivity contribution in [1.29, 1.82) is 0 Å². The van der Waals surface area contributed by atoms with Gasteiger partial charge in [-0.25, -0.2) is 9.59 Å². The predicted octanol–water partition coefficient (Wildman–Crippen LogP) is 1.04. The summed E-state index contributed by atoms with van der Waals surface area (Å²) >= 11 is 0. The minimum Gasteiger partial charge on any atom is -1.00 e. The molecular weight excluding hydrogens is 367 g/mol. The first-order valence-corrected chi connectivity index (χ1v) is 10.2. The molecule has 27 heavy (non-hydrogen) atoms. The number of benzene rings is 1. The van der Waals surface area contributed by atoms with E-state index in [1.165, 1.54) is 0 Å². The minimum absolute atomic E-state index is 0. The summed E-state index contributed by atoms with van der Waals surface area (Å²) in [7, 11) is -4.77. The van der Waals surface area contributed by atoms with Crippen LogP contribution in [0, 0.1) is 0 Å². The molecule has 0 bridgehead atoms. The molecule has 0 heterocycles. The summed E-state index contributed by atoms with van der Waals surface area (Å²) in [6.07, 6.45) is 5.72. The number of ether oxygens (including phenoxy) is 1. The van der Waals surface area contributed by atoms with Crippen LogP contribution in [0.4, 0.5) is 0 Å². The zero-order chi connectivity index (χ0) is 19.7. The van der Waals surface area contributed by atoms with Crippen LogP contribution in [0.3, 0.4) is 0 Å². The molecular formula is C18H27LiO7S. The minimum atomic E-state index is -4.77. The fraction of sp³-hybridized carbons (Fsp3) is 0.556. The quantitative estimate of drug-likeness (QED) is 0.249. The van der Waals surface area contributed by atoms with E-state index in [0.29, 0.717) is 12.8 Å². The van der Waals surface area contributed by atoms with Gasteiger partial charge in [-0.1, -0.05) is 39.5 Å². The SMILES string of the molecule is CCCCCC(CCCC)OC(=O)c1ccc(C(=O)O)cc1S(=O)(=O)O.[H-].[Li+]. The van der Waals surface area contributed by atoms with E-state index in [9.17, 15) is 22.6 Å². The fourth-order valence-electron chi connectivity index (χ4n) is 2.57. The molecule has 2 N–H and O–H groups in total. The zero-order valence-corrected chi connectivity index (χ0v) is 16.9. The van der Waals surface area contributed by atoms with Crippen molar-refractivity contribution in [2.24, 2.45) is 0 Å². The molecule has 9 heteroatoms. The summed E-state index contributed by atoms with van der Waals surface area (Å²) < 4.78 is 37.9. The molecule has 0 aliphatic heterocycles. The van der Waals surface area contributed by atoms with E-state index < -0.39 is 27.0 Å². The van der Waals surface area contributed by atoms with Gasteiger partial charge in [-0.15, -0.1) is 0 Å². The number of carbonyl (C=O) groups excluding carboxylic acids is 1. The van der Waals surface area contributed by atoms with E-state index >= 15 is 0 Å². The molecule has 0 amide bonds. The van der Waals surface area contributed by atoms with Crippen molar-refractivity contribution in [3.05, 3.63) is 29.3 Å². The van der Waals surface area contributed by atoms with Gasteiger partial charge >= 0.3 is 30.8 Å². The van der Waals surface area contributed by atoms with Crippen molar-refractivity contribution in [3.8, 4) is 0 Å². The first kappa shape index (κ1) is 25.7. The number of esters is 1. The van der Waals surface area contributed by atoms with Crippen LogP contribution >= 0.6 is 0 Å². The Bertz CT molecular complexity index is 737. The number of aromatic carboxylic acids is 1. The van der Waals surface area contributed by atoms with Gasteiger partial charge in [-0.2, -0.15) is 8.42 Å². The standard InChI is InChI=1S/C18H26O7S.Li.H/c1-3-5-7-9-14(8-6-4-2)25-18(21)15-11-10-13(17(19)20)12-16(15)26(22,23)24;;/h10-12,14H,3-9H2,1-2H3,(H,19,20)(H,22,23,24);;/q;+1;-1. The maximum atomic E-state index is 12.5. The molecule has 0 radical (unpaired) electrons. The predicted molar refractivity (Wildman–Crippen MR) is 97.2 cm³/mol. The van der Waals surface area contributed by atoms with Crippen LogP contribution < -0.4 is 18.9 Å². The van der Waals surface area contributed by atoms with Crippen molar-refractivity contribution < 1.29 is 52.7 Å². The number of carboxylic acids is 1. The van der Waals surface area contributed by atoms with Crippen LogP contribution in [-0.2, 0) is 14.9 Å². The Morgan fingerprint density at radius 3 is 2.22 bits per heavy atom. The normalized spacial score (nSPS) is 12.1. The number of unbranched alkanes of at least 4 members (excludes halogenated alkanes) is 3. The maximum Gasteiger partial charge on any atom is 1.00 e. The average molecular weight is 394 g/mol. The van der Waals surface area contributed by atoms with Gasteiger partial charge in [0.2, 0.25) is 0 Å². The summed E-state index contributed by atoms with van der Waals surface area (Å²) in [5.41, 5.74) is -0.714. The van der Waals surface area contributed by atoms with Crippen molar-refractivity contribution in [3.63, 3.8) is 0 Å². The topological polar surface area (TPSA) is 118 Å². The molecule has 148 valence electrons. The number of hydrogen-bond acceptors (Lipinski definition) is 5. The Morgan fingerprint density at radius 1 is 1.11 bits per heavy atom. The Hall–Kier alpha value is -1.33. The first-order valence-electron chi connectivity index (χ1n) is 8.76. The van der Waals surface area contributed by atoms with Crippen LogP contribution in [0.15, 0.2) is 23.1 Å². The number of rotatable bonds is 11. The van der Waals surface area contributed by atoms with Crippen molar-refractivity contribution in [2.75, 3.05) is 0 Å². The van der Waals surface area contributed by atoms with Gasteiger partial charge in [0.1, 0.15) is 11.0 Å². The third kappa shape index (κ3) is 8.48. The summed E-state index contributed by atoms with van der Waals surface area (Å²) in [4.78, 5) is 22.7. The van der Waals surface area contributed by atoms with Crippen molar-refractivity contribution in [1.82, 2.24) is 0 Å². The molecule has 0 aromatic heterocycles. The monoisotopic (exact) mass is 394 g/mol. The Labute approximate surface area is 173 Å². The smallest absolute Gasteiger partial charge is 1.00 e. The maximum absolute atomic E-state index is 12.5. The summed E-state index contributed by atoms with van der Waals surface area (Å²) in [6.45, 7) is 4.08. The molecule has 7 nitrogen and oxygen atoms in total. The van der Waals surface area contributed by atoms with E-state index in [2.05, 4.69) is 6.92 Å². The van der Waals surface area contributed by atoms with Crippen LogP contribution in [-0.4, -0.2) is 36.1 Å². The zero-order valence-electron chi connectivity index (χ0n) is 17.1. The second-order valence-corrected chi connectivity index (χ2v) is 7.55. The van der Waals surface area contributed by atoms with Crippen LogP contribution in [0.1, 0.15) is 80.9 Å². The van der Waals surface area contributed by atoms with Crippen molar-refractivity contribution >= 4 is 22.1 Å². The summed E-state index contributed by atoms with van der Waals surface area (Å²) in [6, 6.07) is 2.91. The van der Waals surface area contributed by atoms with Gasteiger partial charge < -0.3 is 11.3 Å². The number of carbonyl (C=O) groups is 2. The fourth-order valence-corrected chi connectivity index (χ4v) is 3.27. The molecule has 0 aliphatic carbocycles. The molecule has 0 aliphatic rings. The molecule has 0 saturated heterocycles. The van der Waals surface area contributed by atoms with Crippen molar-refractivity contribution in [2.45, 2.75) is 69.8 Å². The van der Waals surface area contributed by atoms with E-state index in [1.807, 2.05) is 6.92 Å². The summed E-state index contributed by atoms with van der Waals surface area (Å²) in [5, 5.41) is 8.97. The first-order chi connectivity index (χ1) is 12.2. The van der Waals surface area contributed by atoms with Gasteiger partial charge in [-0.3, -0.25) is 4.55 Å². The van der Waals surface area contributed by atoms with Gasteiger partial charge in [0.05, 0.1) is 11.1 Å². The average Bonchev–Trinajstić information content (AvgIpc) is 2.58. The Kier molecular flexibility index (Phi) is 11.6. The van der Waals surface area contributed by atoms with E-state index in [0.717, 1.165) is 50.3 Å². The van der Waals surface area contributed by atoms with Crippen LogP contribution in [0.25, 0.3) is 0 Å². The van der Waals surface area contributed by atoms with Gasteiger partial charge in [0, 0.05) is 0 Å². The van der Waals surface area contributed by atoms with Crippen LogP contribution in [0.5, 0.6) is 0 Å². The molecule has 0 spiro atoms. The van der Waals surface area contributed by atoms with Crippen LogP contribution in [0.2, 0.25) is 0 Å². The van der Waals surface area contributed by atoms with E-state index in [4.69, 9.17) is 9.84 Å². The molecule has 1 rings (SSSR count). The van der Waals surface area contributed by atoms with E-state index in [-0.39, 0.29) is 37.5 Å². The second kappa shape index (κ2) is 12.2. The molecule has 1 atom stereocenters. The third-order valence-electron chi connectivity index (χ3n) is 4.01. The summed E-state index contributed by atoms with van der Waals surface area (Å²) in [5.74, 6) is -2.25. The Morgan fingerprint density at radius 2 is 1.70 bits per heavy atom.